The molecule has 340 valence electrons. The first-order valence-electron chi connectivity index (χ1n) is 23.8. The lowest BCUT2D eigenvalue weighted by molar-refractivity contribution is -0.599. The molecule has 3 heterocycles. The van der Waals surface area contributed by atoms with Gasteiger partial charge in [-0.25, -0.2) is 4.98 Å². The summed E-state index contributed by atoms with van der Waals surface area (Å²) >= 11 is 0. The van der Waals surface area contributed by atoms with Gasteiger partial charge in [0.1, 0.15) is 17.3 Å². The van der Waals surface area contributed by atoms with E-state index < -0.39 is 0 Å². The molecule has 0 bridgehead atoms. The summed E-state index contributed by atoms with van der Waals surface area (Å²) in [7, 11) is 0. The van der Waals surface area contributed by atoms with Gasteiger partial charge in [0.05, 0.1) is 28.1 Å². The maximum Gasteiger partial charge on any atom is 0.269 e. The zero-order chi connectivity index (χ0) is 47.7. The Morgan fingerprint density at radius 3 is 1.73 bits per heavy atom. The minimum absolute atomic E-state index is 0.00346. The first-order chi connectivity index (χ1) is 31.6. The Morgan fingerprint density at radius 1 is 0.463 bits per heavy atom. The van der Waals surface area contributed by atoms with Crippen LogP contribution >= 0.6 is 0 Å². The summed E-state index contributed by atoms with van der Waals surface area (Å²) in [6.07, 6.45) is 7.97. The maximum absolute atomic E-state index is 6.85. The minimum atomic E-state index is -0.224. The molecular weight excluding hydrogens is 817 g/mol. The number of pyridine rings is 1. The normalized spacial score (nSPS) is 12.9. The molecule has 0 amide bonds. The monoisotopic (exact) mass is 883 g/mol. The van der Waals surface area contributed by atoms with E-state index in [1.54, 1.807) is 0 Å². The second-order valence-electron chi connectivity index (χ2n) is 22.6. The molecule has 5 heteroatoms. The predicted molar refractivity (Wildman–Crippen MR) is 278 cm³/mol. The van der Waals surface area contributed by atoms with Crippen LogP contribution in [0.15, 0.2) is 164 Å². The van der Waals surface area contributed by atoms with Gasteiger partial charge < -0.3 is 4.74 Å². The number of ether oxygens (including phenoxy) is 1. The summed E-state index contributed by atoms with van der Waals surface area (Å²) in [5, 5.41) is 2.35. The Hall–Kier alpha value is -6.72. The second-order valence-corrected chi connectivity index (χ2v) is 22.6. The Bertz CT molecular complexity index is 3250. The Kier molecular flexibility index (Phi) is 11.2. The molecular formula is C62H66N4O. The molecule has 0 unspecified atom stereocenters. The molecule has 3 aromatic heterocycles. The average molecular weight is 883 g/mol. The maximum atomic E-state index is 6.85. The number of aromatic nitrogens is 4. The third-order valence-corrected chi connectivity index (χ3v) is 13.9. The van der Waals surface area contributed by atoms with E-state index in [1.165, 1.54) is 38.8 Å². The number of hydrogen-bond acceptors (Lipinski definition) is 2. The molecule has 0 spiro atoms. The number of hydrogen-bond donors (Lipinski definition) is 0. The average Bonchev–Trinajstić information content (AvgIpc) is 3.90. The summed E-state index contributed by atoms with van der Waals surface area (Å²) < 4.78 is 13.5. The van der Waals surface area contributed by atoms with Crippen LogP contribution in [0.1, 0.15) is 129 Å². The number of imidazole rings is 1. The highest BCUT2D eigenvalue weighted by Gasteiger charge is 2.29. The van der Waals surface area contributed by atoms with Crippen molar-refractivity contribution in [2.45, 2.75) is 117 Å². The van der Waals surface area contributed by atoms with Crippen LogP contribution in [-0.2, 0) is 27.1 Å². The van der Waals surface area contributed by atoms with Crippen LogP contribution in [0.5, 0.6) is 11.5 Å². The van der Waals surface area contributed by atoms with Crippen molar-refractivity contribution in [2.75, 3.05) is 0 Å². The van der Waals surface area contributed by atoms with Crippen molar-refractivity contribution in [1.82, 2.24) is 14.1 Å². The van der Waals surface area contributed by atoms with E-state index >= 15 is 0 Å². The van der Waals surface area contributed by atoms with Gasteiger partial charge in [-0.15, -0.1) is 0 Å². The van der Waals surface area contributed by atoms with Crippen LogP contribution in [0.25, 0.3) is 39.0 Å². The van der Waals surface area contributed by atoms with Gasteiger partial charge >= 0.3 is 0 Å². The highest BCUT2D eigenvalue weighted by molar-refractivity contribution is 6.09. The van der Waals surface area contributed by atoms with Crippen LogP contribution in [-0.4, -0.2) is 14.1 Å². The smallest absolute Gasteiger partial charge is 0.269 e. The molecule has 0 saturated heterocycles. The van der Waals surface area contributed by atoms with E-state index in [-0.39, 0.29) is 27.1 Å². The number of benzene rings is 6. The van der Waals surface area contributed by atoms with E-state index in [2.05, 4.69) is 262 Å². The molecule has 0 aliphatic heterocycles. The van der Waals surface area contributed by atoms with Crippen LogP contribution in [0.4, 0.5) is 0 Å². The summed E-state index contributed by atoms with van der Waals surface area (Å²) in [4.78, 5) is 5.03. The van der Waals surface area contributed by atoms with Crippen LogP contribution in [0.3, 0.4) is 0 Å². The van der Waals surface area contributed by atoms with E-state index in [9.17, 15) is 0 Å². The summed E-state index contributed by atoms with van der Waals surface area (Å²) in [5.41, 5.74) is 12.3. The van der Waals surface area contributed by atoms with Gasteiger partial charge in [-0.05, 0) is 116 Å². The summed E-state index contributed by atoms with van der Waals surface area (Å²) in [6.45, 7) is 29.7. The zero-order valence-electron chi connectivity index (χ0n) is 41.8. The molecule has 67 heavy (non-hydrogen) atoms. The third-order valence-electron chi connectivity index (χ3n) is 13.9. The van der Waals surface area contributed by atoms with Crippen molar-refractivity contribution in [3.63, 3.8) is 0 Å². The van der Waals surface area contributed by atoms with Crippen molar-refractivity contribution < 1.29 is 9.30 Å². The molecule has 5 nitrogen and oxygen atoms in total. The van der Waals surface area contributed by atoms with Gasteiger partial charge in [-0.1, -0.05) is 169 Å². The lowest BCUT2D eigenvalue weighted by atomic mass is 9.75. The molecule has 0 fully saturated rings. The lowest BCUT2D eigenvalue weighted by Crippen LogP contribution is -2.31. The topological polar surface area (TPSA) is 35.9 Å². The fourth-order valence-electron chi connectivity index (χ4n) is 9.34. The highest BCUT2D eigenvalue weighted by Crippen LogP contribution is 2.40. The van der Waals surface area contributed by atoms with Crippen molar-refractivity contribution in [3.8, 4) is 28.7 Å². The summed E-state index contributed by atoms with van der Waals surface area (Å²) in [6, 6.07) is 54.7. The van der Waals surface area contributed by atoms with E-state index in [4.69, 9.17) is 9.72 Å². The van der Waals surface area contributed by atoms with Crippen LogP contribution in [0.2, 0.25) is 0 Å². The highest BCUT2D eigenvalue weighted by atomic mass is 16.5. The van der Waals surface area contributed by atoms with Crippen molar-refractivity contribution in [2.24, 2.45) is 0 Å². The summed E-state index contributed by atoms with van der Waals surface area (Å²) in [5.74, 6) is 2.37. The van der Waals surface area contributed by atoms with Gasteiger partial charge in [0, 0.05) is 40.1 Å². The second kappa shape index (κ2) is 16.6. The fourth-order valence-corrected chi connectivity index (χ4v) is 9.34. The van der Waals surface area contributed by atoms with Crippen molar-refractivity contribution in [3.05, 3.63) is 209 Å². The fraction of sp³-hybridized carbons (Fsp3) is 0.290. The van der Waals surface area contributed by atoms with E-state index in [1.807, 2.05) is 12.3 Å². The van der Waals surface area contributed by atoms with E-state index in [0.717, 1.165) is 50.8 Å². The van der Waals surface area contributed by atoms with E-state index in [0.29, 0.717) is 0 Å². The van der Waals surface area contributed by atoms with Gasteiger partial charge in [-0.2, -0.15) is 0 Å². The molecule has 6 aromatic carbocycles. The van der Waals surface area contributed by atoms with Gasteiger partial charge in [0.2, 0.25) is 0 Å². The van der Waals surface area contributed by atoms with Crippen molar-refractivity contribution in [1.29, 1.82) is 0 Å². The SMILES string of the molecule is CC(C)(C)c1cc(-[n+]2[c-]n(-c3cccc(Oc4ccc5c6cc(C(C)(C)C)ccc6n(-c6cc(C(C)(C)c7ccccc7)ccn6)c5c4)c3)c(C(C)(C)C)c2)cc(C(C)(C)c2ccccc2)c1. The molecule has 0 N–H and O–H groups in total. The predicted octanol–water partition coefficient (Wildman–Crippen LogP) is 15.4. The number of rotatable bonds is 9. The molecule has 9 rings (SSSR count). The van der Waals surface area contributed by atoms with Crippen molar-refractivity contribution >= 4 is 21.8 Å². The molecule has 0 radical (unpaired) electrons. The van der Waals surface area contributed by atoms with Crippen LogP contribution in [0, 0.1) is 6.33 Å². The standard InChI is InChI=1S/C62H66N4O/c1-58(2,3)44-27-30-54-53(36-44)52-29-28-51(39-55(52)66(54)57-37-45(31-32-63-57)61(10,11)42-21-16-14-17-22-42)67-50-26-20-25-48(38-50)65-41-64(40-56(65)60(7,8)9)49-34-46(59(4,5)6)33-47(35-49)62(12,13)43-23-18-15-19-24-43/h14-40H,1-13H3. The number of nitrogens with zero attached hydrogens (tertiary/aromatic N) is 4. The first kappa shape index (κ1) is 45.4. The largest absolute Gasteiger partial charge is 0.458 e. The third kappa shape index (κ3) is 8.73. The zero-order valence-corrected chi connectivity index (χ0v) is 41.8. The first-order valence-corrected chi connectivity index (χ1v) is 23.8. The molecule has 0 aliphatic carbocycles. The lowest BCUT2D eigenvalue weighted by Gasteiger charge is -2.30. The number of fused-ring (bicyclic) bond motifs is 3. The minimum Gasteiger partial charge on any atom is -0.458 e. The molecule has 0 atom stereocenters. The molecule has 9 aromatic rings. The molecule has 0 aliphatic rings. The van der Waals surface area contributed by atoms with Gasteiger partial charge in [-0.3, -0.25) is 13.7 Å². The van der Waals surface area contributed by atoms with Gasteiger partial charge in [0.25, 0.3) is 6.33 Å². The van der Waals surface area contributed by atoms with Crippen LogP contribution < -0.4 is 9.30 Å². The Morgan fingerprint density at radius 2 is 1.09 bits per heavy atom. The quantitative estimate of drug-likeness (QED) is 0.107. The Labute approximate surface area is 398 Å². The molecule has 0 saturated carbocycles. The van der Waals surface area contributed by atoms with Gasteiger partial charge in [0.15, 0.2) is 0 Å². The Balaban J connectivity index is 1.13.